The molecule has 28 heavy (non-hydrogen) atoms. The van der Waals surface area contributed by atoms with Crippen molar-refractivity contribution in [1.82, 2.24) is 24.5 Å². The van der Waals surface area contributed by atoms with Gasteiger partial charge in [-0.05, 0) is 31.2 Å². The molecule has 0 bridgehead atoms. The van der Waals surface area contributed by atoms with Gasteiger partial charge >= 0.3 is 6.18 Å². The Labute approximate surface area is 162 Å². The normalized spacial score (nSPS) is 11.8. The Morgan fingerprint density at radius 1 is 1.04 bits per heavy atom. The van der Waals surface area contributed by atoms with Crippen molar-refractivity contribution in [1.29, 1.82) is 0 Å². The van der Waals surface area contributed by atoms with Gasteiger partial charge in [0.2, 0.25) is 5.95 Å². The van der Waals surface area contributed by atoms with Crippen LogP contribution in [-0.4, -0.2) is 24.5 Å². The molecular weight excluding hydrogens is 393 g/mol. The number of hydrogen-bond donors (Lipinski definition) is 1. The third-order valence-electron chi connectivity index (χ3n) is 3.95. The molecule has 0 saturated carbocycles. The monoisotopic (exact) mass is 404 g/mol. The van der Waals surface area contributed by atoms with Crippen molar-refractivity contribution in [3.63, 3.8) is 0 Å². The van der Waals surface area contributed by atoms with E-state index in [2.05, 4.69) is 25.3 Å². The smallest absolute Gasteiger partial charge is 0.323 e. The third kappa shape index (κ3) is 3.48. The molecular formula is C18H12ClF3N6. The minimum Gasteiger partial charge on any atom is -0.323 e. The third-order valence-corrected chi connectivity index (χ3v) is 4.14. The quantitative estimate of drug-likeness (QED) is 0.490. The van der Waals surface area contributed by atoms with Gasteiger partial charge < -0.3 is 5.32 Å². The Hall–Kier alpha value is -3.20. The molecule has 1 N–H and O–H groups in total. The fourth-order valence-electron chi connectivity index (χ4n) is 2.78. The number of alkyl halides is 3. The summed E-state index contributed by atoms with van der Waals surface area (Å²) < 4.78 is 39.7. The maximum atomic E-state index is 12.6. The summed E-state index contributed by atoms with van der Waals surface area (Å²) in [5.41, 5.74) is 0.966. The zero-order valence-corrected chi connectivity index (χ0v) is 15.1. The molecule has 10 heteroatoms. The van der Waals surface area contributed by atoms with E-state index in [9.17, 15) is 13.2 Å². The fraction of sp³-hybridized carbons (Fsp3) is 0.111. The van der Waals surface area contributed by atoms with E-state index in [-0.39, 0.29) is 11.1 Å². The summed E-state index contributed by atoms with van der Waals surface area (Å²) in [6, 6.07) is 11.3. The van der Waals surface area contributed by atoms with Crippen LogP contribution in [0, 0.1) is 6.92 Å². The molecule has 0 aliphatic heterocycles. The van der Waals surface area contributed by atoms with Crippen molar-refractivity contribution in [2.75, 3.05) is 5.32 Å². The highest BCUT2D eigenvalue weighted by Gasteiger charge is 2.32. The van der Waals surface area contributed by atoms with Crippen LogP contribution in [0.5, 0.6) is 0 Å². The molecule has 0 unspecified atom stereocenters. The van der Waals surface area contributed by atoms with Gasteiger partial charge in [-0.2, -0.15) is 18.2 Å². The number of para-hydroxylation sites is 2. The summed E-state index contributed by atoms with van der Waals surface area (Å²) in [5, 5.41) is 2.99. The van der Waals surface area contributed by atoms with E-state index in [0.717, 1.165) is 23.3 Å². The predicted octanol–water partition coefficient (Wildman–Crippen LogP) is 4.93. The van der Waals surface area contributed by atoms with Crippen LogP contribution in [-0.2, 0) is 6.18 Å². The highest BCUT2D eigenvalue weighted by atomic mass is 35.5. The van der Waals surface area contributed by atoms with Gasteiger partial charge in [-0.25, -0.2) is 15.0 Å². The summed E-state index contributed by atoms with van der Waals surface area (Å²) in [5.74, 6) is 1.31. The molecule has 4 rings (SSSR count). The molecule has 1 aromatic carbocycles. The predicted molar refractivity (Wildman–Crippen MR) is 98.9 cm³/mol. The molecule has 4 aromatic rings. The van der Waals surface area contributed by atoms with E-state index in [1.807, 2.05) is 35.8 Å². The average molecular weight is 405 g/mol. The molecule has 0 aliphatic rings. The Kier molecular flexibility index (Phi) is 4.38. The van der Waals surface area contributed by atoms with Crippen LogP contribution in [0.3, 0.4) is 0 Å². The first-order chi connectivity index (χ1) is 13.3. The van der Waals surface area contributed by atoms with Crippen LogP contribution < -0.4 is 5.32 Å². The van der Waals surface area contributed by atoms with Gasteiger partial charge in [-0.3, -0.25) is 4.57 Å². The number of halogens is 4. The van der Waals surface area contributed by atoms with Gasteiger partial charge in [0.1, 0.15) is 22.5 Å². The lowest BCUT2D eigenvalue weighted by atomic mass is 10.3. The second-order valence-corrected chi connectivity index (χ2v) is 6.30. The molecule has 0 fully saturated rings. The maximum Gasteiger partial charge on any atom is 0.433 e. The molecule has 0 atom stereocenters. The number of hydrogen-bond acceptors (Lipinski definition) is 5. The van der Waals surface area contributed by atoms with Gasteiger partial charge in [0.15, 0.2) is 0 Å². The Balaban J connectivity index is 1.71. The van der Waals surface area contributed by atoms with Crippen molar-refractivity contribution < 1.29 is 13.2 Å². The number of nitrogens with one attached hydrogen (secondary N) is 1. The summed E-state index contributed by atoms with van der Waals surface area (Å²) in [7, 11) is 0. The molecule has 0 spiro atoms. The number of benzene rings is 1. The van der Waals surface area contributed by atoms with Crippen molar-refractivity contribution >= 4 is 34.3 Å². The van der Waals surface area contributed by atoms with E-state index in [0.29, 0.717) is 17.3 Å². The van der Waals surface area contributed by atoms with Crippen molar-refractivity contribution in [2.45, 2.75) is 13.1 Å². The number of imidazole rings is 1. The largest absolute Gasteiger partial charge is 0.433 e. The maximum absolute atomic E-state index is 12.6. The number of fused-ring (bicyclic) bond motifs is 1. The number of rotatable bonds is 3. The second-order valence-electron chi connectivity index (χ2n) is 5.91. The first kappa shape index (κ1) is 18.2. The van der Waals surface area contributed by atoms with Crippen molar-refractivity contribution in [3.05, 3.63) is 65.3 Å². The Bertz CT molecular complexity index is 1150. The van der Waals surface area contributed by atoms with Crippen LogP contribution >= 0.6 is 11.6 Å². The molecule has 3 heterocycles. The molecule has 3 aromatic heterocycles. The van der Waals surface area contributed by atoms with Gasteiger partial charge in [-0.1, -0.05) is 23.7 Å². The lowest BCUT2D eigenvalue weighted by Gasteiger charge is -2.11. The highest BCUT2D eigenvalue weighted by Crippen LogP contribution is 2.28. The van der Waals surface area contributed by atoms with Crippen LogP contribution in [0.15, 0.2) is 48.7 Å². The van der Waals surface area contributed by atoms with Crippen LogP contribution in [0.1, 0.15) is 11.5 Å². The van der Waals surface area contributed by atoms with E-state index < -0.39 is 11.9 Å². The number of anilines is 2. The Morgan fingerprint density at radius 3 is 2.54 bits per heavy atom. The van der Waals surface area contributed by atoms with Gasteiger partial charge in [0.05, 0.1) is 22.9 Å². The Morgan fingerprint density at radius 2 is 1.82 bits per heavy atom. The van der Waals surface area contributed by atoms with Gasteiger partial charge in [0, 0.05) is 6.07 Å². The van der Waals surface area contributed by atoms with Crippen molar-refractivity contribution in [3.8, 4) is 5.82 Å². The minimum absolute atomic E-state index is 0.126. The zero-order valence-electron chi connectivity index (χ0n) is 14.4. The highest BCUT2D eigenvalue weighted by molar-refractivity contribution is 6.29. The average Bonchev–Trinajstić information content (AvgIpc) is 2.96. The standard InChI is InChI=1S/C18H12ClF3N6/c1-10-24-12-4-2-3-5-13(12)28(10)16-8-15(19)26-17(27-16)25-11-6-7-14(23-9-11)18(20,21)22/h2-9H,1H3,(H,25,26,27). The van der Waals surface area contributed by atoms with E-state index in [4.69, 9.17) is 11.6 Å². The minimum atomic E-state index is -4.50. The zero-order chi connectivity index (χ0) is 19.9. The lowest BCUT2D eigenvalue weighted by Crippen LogP contribution is -2.08. The molecule has 0 amide bonds. The van der Waals surface area contributed by atoms with E-state index >= 15 is 0 Å². The van der Waals surface area contributed by atoms with E-state index in [1.165, 1.54) is 6.07 Å². The first-order valence-electron chi connectivity index (χ1n) is 8.10. The molecule has 142 valence electrons. The van der Waals surface area contributed by atoms with Crippen LogP contribution in [0.4, 0.5) is 24.8 Å². The SMILES string of the molecule is Cc1nc2ccccc2n1-c1cc(Cl)nc(Nc2ccc(C(F)(F)F)nc2)n1. The summed E-state index contributed by atoms with van der Waals surface area (Å²) in [6.07, 6.45) is -3.44. The fourth-order valence-corrected chi connectivity index (χ4v) is 2.95. The first-order valence-corrected chi connectivity index (χ1v) is 8.48. The topological polar surface area (TPSA) is 68.5 Å². The molecule has 0 radical (unpaired) electrons. The van der Waals surface area contributed by atoms with Crippen LogP contribution in [0.2, 0.25) is 5.15 Å². The number of aryl methyl sites for hydroxylation is 1. The van der Waals surface area contributed by atoms with Gasteiger partial charge in [-0.15, -0.1) is 0 Å². The second kappa shape index (κ2) is 6.75. The van der Waals surface area contributed by atoms with Crippen molar-refractivity contribution in [2.24, 2.45) is 0 Å². The summed E-state index contributed by atoms with van der Waals surface area (Å²) in [6.45, 7) is 1.84. The molecule has 0 aliphatic carbocycles. The van der Waals surface area contributed by atoms with E-state index in [1.54, 1.807) is 6.07 Å². The number of aromatic nitrogens is 5. The lowest BCUT2D eigenvalue weighted by molar-refractivity contribution is -0.141. The van der Waals surface area contributed by atoms with Crippen LogP contribution in [0.25, 0.3) is 16.9 Å². The summed E-state index contributed by atoms with van der Waals surface area (Å²) >= 11 is 6.13. The number of pyridine rings is 1. The summed E-state index contributed by atoms with van der Waals surface area (Å²) in [4.78, 5) is 16.4. The number of nitrogens with zero attached hydrogens (tertiary/aromatic N) is 5. The molecule has 6 nitrogen and oxygen atoms in total. The molecule has 0 saturated heterocycles. The van der Waals surface area contributed by atoms with Gasteiger partial charge in [0.25, 0.3) is 0 Å².